The molecule has 5 aromatic rings. The number of amides is 2. The average Bonchev–Trinajstić information content (AvgIpc) is 3.98. The molecule has 0 radical (unpaired) electrons. The second kappa shape index (κ2) is 16.0. The smallest absolute Gasteiger partial charge is 0.357 e. The van der Waals surface area contributed by atoms with Crippen LogP contribution >= 0.6 is 0 Å². The van der Waals surface area contributed by atoms with Crippen LogP contribution in [0.1, 0.15) is 107 Å². The normalized spacial score (nSPS) is 20.1. The first-order valence-electron chi connectivity index (χ1n) is 20.2. The van der Waals surface area contributed by atoms with Gasteiger partial charge >= 0.3 is 12.5 Å². The third-order valence-electron chi connectivity index (χ3n) is 11.5. The minimum absolute atomic E-state index is 0.235. The molecule has 13 nitrogen and oxygen atoms in total. The maximum absolute atomic E-state index is 14.3. The molecule has 0 bridgehead atoms. The lowest BCUT2D eigenvalue weighted by Gasteiger charge is -2.34. The fraction of sp³-hybridized carbons (Fsp3) is 0.465. The summed E-state index contributed by atoms with van der Waals surface area (Å²) in [5, 5.41) is 18.1. The van der Waals surface area contributed by atoms with E-state index in [2.05, 4.69) is 71.2 Å². The monoisotopic (exact) mass is 759 g/mol. The fourth-order valence-corrected chi connectivity index (χ4v) is 8.37. The summed E-state index contributed by atoms with van der Waals surface area (Å²) in [6.45, 7) is 13.0. The number of aromatic nitrogens is 5. The summed E-state index contributed by atoms with van der Waals surface area (Å²) in [6.07, 6.45) is 9.93. The summed E-state index contributed by atoms with van der Waals surface area (Å²) in [5.41, 5.74) is 5.10. The summed E-state index contributed by atoms with van der Waals surface area (Å²) in [6, 6.07) is 21.4. The summed E-state index contributed by atoms with van der Waals surface area (Å²) in [7, 11) is 0. The largest absolute Gasteiger partial charge is 0.484 e. The van der Waals surface area contributed by atoms with Crippen LogP contribution in [0.3, 0.4) is 0 Å². The predicted molar refractivity (Wildman–Crippen MR) is 215 cm³/mol. The molecule has 5 heterocycles. The van der Waals surface area contributed by atoms with Crippen molar-refractivity contribution in [1.82, 2.24) is 34.6 Å². The van der Waals surface area contributed by atoms with Gasteiger partial charge in [-0.3, -0.25) is 9.20 Å². The molecular weight excluding hydrogens is 707 g/mol. The van der Waals surface area contributed by atoms with Crippen LogP contribution in [0.25, 0.3) is 11.3 Å². The molecule has 2 saturated heterocycles. The number of anilines is 2. The highest BCUT2D eigenvalue weighted by atomic mass is 16.7. The lowest BCUT2D eigenvalue weighted by molar-refractivity contribution is -0.129. The van der Waals surface area contributed by atoms with Gasteiger partial charge in [-0.2, -0.15) is 5.10 Å². The first-order chi connectivity index (χ1) is 27.2. The van der Waals surface area contributed by atoms with Gasteiger partial charge in [0.2, 0.25) is 5.95 Å². The lowest BCUT2D eigenvalue weighted by Crippen LogP contribution is -2.43. The summed E-state index contributed by atoms with van der Waals surface area (Å²) in [5.74, 6) is 1.90. The van der Waals surface area contributed by atoms with E-state index >= 15 is 0 Å². The number of benzene rings is 2. The van der Waals surface area contributed by atoms with E-state index in [9.17, 15) is 9.59 Å². The SMILES string of the molecule is C[C@H]1CCCCN1c1nnc2ccc(O[C@@H]3CC[C@H](NC(=O)N(OC=O)c4cc(C(C)(C)C)nn4-c4cccc(CCN5CCCC5)c4)c4ccccc43)cn12. The van der Waals surface area contributed by atoms with Gasteiger partial charge in [-0.05, 0) is 112 Å². The van der Waals surface area contributed by atoms with Crippen LogP contribution in [0.5, 0.6) is 5.75 Å². The van der Waals surface area contributed by atoms with E-state index < -0.39 is 6.03 Å². The number of hydrogen-bond donors (Lipinski definition) is 1. The van der Waals surface area contributed by atoms with E-state index in [1.807, 2.05) is 59.1 Å². The van der Waals surface area contributed by atoms with Gasteiger partial charge in [0.25, 0.3) is 0 Å². The summed E-state index contributed by atoms with van der Waals surface area (Å²) < 4.78 is 10.4. The number of urea groups is 1. The Bertz CT molecular complexity index is 2170. The Labute approximate surface area is 328 Å². The maximum atomic E-state index is 14.3. The van der Waals surface area contributed by atoms with E-state index in [0.717, 1.165) is 90.4 Å². The van der Waals surface area contributed by atoms with Crippen molar-refractivity contribution in [2.75, 3.05) is 36.1 Å². The first kappa shape index (κ1) is 37.5. The van der Waals surface area contributed by atoms with Gasteiger partial charge in [-0.1, -0.05) is 57.2 Å². The number of nitrogens with zero attached hydrogens (tertiary/aromatic N) is 8. The molecule has 1 aliphatic carbocycles. The van der Waals surface area contributed by atoms with Crippen LogP contribution in [0.4, 0.5) is 16.6 Å². The van der Waals surface area contributed by atoms with Crippen molar-refractivity contribution < 1.29 is 19.2 Å². The molecule has 0 saturated carbocycles. The van der Waals surface area contributed by atoms with Crippen molar-refractivity contribution >= 4 is 29.9 Å². The predicted octanol–water partition coefficient (Wildman–Crippen LogP) is 7.49. The van der Waals surface area contributed by atoms with Gasteiger partial charge < -0.3 is 24.7 Å². The van der Waals surface area contributed by atoms with Crippen molar-refractivity contribution in [1.29, 1.82) is 0 Å². The molecule has 3 aliphatic rings. The van der Waals surface area contributed by atoms with E-state index in [-0.39, 0.29) is 24.0 Å². The topological polar surface area (TPSA) is 122 Å². The zero-order valence-electron chi connectivity index (χ0n) is 32.9. The van der Waals surface area contributed by atoms with Gasteiger partial charge in [-0.25, -0.2) is 9.48 Å². The molecule has 2 aliphatic heterocycles. The number of fused-ring (bicyclic) bond motifs is 2. The number of likely N-dealkylation sites (tertiary alicyclic amines) is 1. The maximum Gasteiger partial charge on any atom is 0.357 e. The highest BCUT2D eigenvalue weighted by Gasteiger charge is 2.34. The highest BCUT2D eigenvalue weighted by molar-refractivity contribution is 5.90. The van der Waals surface area contributed by atoms with E-state index in [1.54, 1.807) is 4.68 Å². The Hall–Kier alpha value is -5.43. The van der Waals surface area contributed by atoms with Crippen LogP contribution in [0.2, 0.25) is 0 Å². The first-order valence-corrected chi connectivity index (χ1v) is 20.2. The fourth-order valence-electron chi connectivity index (χ4n) is 8.37. The Morgan fingerprint density at radius 1 is 0.929 bits per heavy atom. The van der Waals surface area contributed by atoms with Crippen molar-refractivity contribution in [3.63, 3.8) is 0 Å². The Morgan fingerprint density at radius 3 is 2.52 bits per heavy atom. The quantitative estimate of drug-likeness (QED) is 0.108. The number of carbonyl (C=O) groups is 2. The van der Waals surface area contributed by atoms with Crippen molar-refractivity contribution in [2.45, 2.75) is 103 Å². The molecule has 8 rings (SSSR count). The van der Waals surface area contributed by atoms with Gasteiger partial charge in [0.1, 0.15) is 11.9 Å². The molecule has 294 valence electrons. The average molecular weight is 760 g/mol. The molecule has 0 unspecified atom stereocenters. The molecule has 3 aromatic heterocycles. The number of pyridine rings is 1. The lowest BCUT2D eigenvalue weighted by atomic mass is 9.85. The van der Waals surface area contributed by atoms with Gasteiger partial charge in [-0.15, -0.1) is 15.3 Å². The Balaban J connectivity index is 1.03. The molecule has 13 heteroatoms. The number of hydroxylamine groups is 1. The zero-order valence-corrected chi connectivity index (χ0v) is 32.9. The number of rotatable bonds is 11. The standard InChI is InChI=1S/C43H53N9O4/c1-30-12-7-8-24-49(30)41-46-45-39-20-17-33(28-50(39)41)56-37-19-18-36(34-15-5-6-16-35(34)37)44-42(54)52(55-29-53)40-27-38(43(2,3)4)47-51(40)32-14-11-13-31(26-32)21-25-48-22-9-10-23-48/h5-6,11,13-17,20,26-30,36-37H,7-10,12,18-19,21-25H2,1-4H3,(H,44,54)/t30-,36-,37+/m0/s1. The van der Waals surface area contributed by atoms with Crippen LogP contribution in [0.15, 0.2) is 72.9 Å². The van der Waals surface area contributed by atoms with Crippen LogP contribution in [-0.2, 0) is 21.5 Å². The zero-order chi connectivity index (χ0) is 38.8. The molecular formula is C43H53N9O4. The van der Waals surface area contributed by atoms with E-state index in [4.69, 9.17) is 14.7 Å². The second-order valence-corrected chi connectivity index (χ2v) is 16.5. The highest BCUT2D eigenvalue weighted by Crippen LogP contribution is 2.39. The molecule has 2 fully saturated rings. The minimum Gasteiger partial charge on any atom is -0.484 e. The molecule has 2 amide bonds. The van der Waals surface area contributed by atoms with Gasteiger partial charge in [0, 0.05) is 30.6 Å². The molecule has 3 atom stereocenters. The van der Waals surface area contributed by atoms with Crippen molar-refractivity contribution in [3.05, 3.63) is 95.3 Å². The second-order valence-electron chi connectivity index (χ2n) is 16.5. The molecule has 2 aromatic carbocycles. The third kappa shape index (κ3) is 7.82. The van der Waals surface area contributed by atoms with E-state index in [0.29, 0.717) is 24.7 Å². The van der Waals surface area contributed by atoms with E-state index in [1.165, 1.54) is 24.8 Å². The Morgan fingerprint density at radius 2 is 1.73 bits per heavy atom. The number of hydrogen-bond acceptors (Lipinski definition) is 9. The molecule has 1 N–H and O–H groups in total. The molecule has 56 heavy (non-hydrogen) atoms. The van der Waals surface area contributed by atoms with Crippen LogP contribution in [-0.4, -0.2) is 74.0 Å². The molecule has 0 spiro atoms. The third-order valence-corrected chi connectivity index (χ3v) is 11.5. The van der Waals surface area contributed by atoms with Crippen molar-refractivity contribution in [2.24, 2.45) is 0 Å². The van der Waals surface area contributed by atoms with Crippen LogP contribution < -0.4 is 20.0 Å². The number of ether oxygens (including phenoxy) is 1. The number of piperidine rings is 1. The summed E-state index contributed by atoms with van der Waals surface area (Å²) >= 11 is 0. The minimum atomic E-state index is -0.569. The Kier molecular flexibility index (Phi) is 10.7. The van der Waals surface area contributed by atoms with Gasteiger partial charge in [0.05, 0.1) is 23.6 Å². The number of nitrogens with one attached hydrogen (secondary N) is 1. The van der Waals surface area contributed by atoms with Gasteiger partial charge in [0.15, 0.2) is 11.5 Å². The van der Waals surface area contributed by atoms with Crippen molar-refractivity contribution in [3.8, 4) is 11.4 Å². The van der Waals surface area contributed by atoms with Crippen LogP contribution in [0, 0.1) is 0 Å². The number of carbonyl (C=O) groups excluding carboxylic acids is 2. The summed E-state index contributed by atoms with van der Waals surface area (Å²) in [4.78, 5) is 36.6.